The summed E-state index contributed by atoms with van der Waals surface area (Å²) in [5.74, 6) is 0.149. The van der Waals surface area contributed by atoms with Crippen LogP contribution in [0.4, 0.5) is 0 Å². The van der Waals surface area contributed by atoms with Gasteiger partial charge in [0.2, 0.25) is 0 Å². The van der Waals surface area contributed by atoms with Crippen LogP contribution in [0.2, 0.25) is 0 Å². The number of amides is 1. The molecule has 0 spiro atoms. The molecule has 2 aromatic rings. The van der Waals surface area contributed by atoms with Crippen LogP contribution < -0.4 is 5.32 Å². The van der Waals surface area contributed by atoms with Crippen LogP contribution in [-0.4, -0.2) is 27.8 Å². The number of aromatic nitrogens is 2. The highest BCUT2D eigenvalue weighted by atomic mass is 35.5. The van der Waals surface area contributed by atoms with Crippen molar-refractivity contribution in [2.75, 3.05) is 5.88 Å². The first kappa shape index (κ1) is 13.5. The van der Waals surface area contributed by atoms with Gasteiger partial charge >= 0.3 is 0 Å². The van der Waals surface area contributed by atoms with Crippen molar-refractivity contribution < 1.29 is 4.79 Å². The predicted octanol–water partition coefficient (Wildman–Crippen LogP) is 2.06. The van der Waals surface area contributed by atoms with E-state index in [4.69, 9.17) is 11.6 Å². The van der Waals surface area contributed by atoms with Crippen molar-refractivity contribution >= 4 is 17.5 Å². The number of carbonyl (C=O) groups excluding carboxylic acids is 1. The van der Waals surface area contributed by atoms with Gasteiger partial charge in [0.25, 0.3) is 5.91 Å². The molecular weight excluding hydrogens is 262 g/mol. The van der Waals surface area contributed by atoms with Crippen LogP contribution in [-0.2, 0) is 6.42 Å². The van der Waals surface area contributed by atoms with E-state index in [0.717, 1.165) is 5.56 Å². The first-order valence-corrected chi connectivity index (χ1v) is 6.49. The summed E-state index contributed by atoms with van der Waals surface area (Å²) < 4.78 is 0. The molecule has 0 bridgehead atoms. The van der Waals surface area contributed by atoms with Crippen LogP contribution in [0, 0.1) is 0 Å². The van der Waals surface area contributed by atoms with E-state index >= 15 is 0 Å². The Morgan fingerprint density at radius 2 is 1.89 bits per heavy atom. The van der Waals surface area contributed by atoms with E-state index in [1.807, 2.05) is 30.3 Å². The zero-order valence-corrected chi connectivity index (χ0v) is 11.0. The largest absolute Gasteiger partial charge is 0.348 e. The molecule has 98 valence electrons. The quantitative estimate of drug-likeness (QED) is 0.850. The second kappa shape index (κ2) is 6.85. The van der Waals surface area contributed by atoms with E-state index < -0.39 is 0 Å². The fourth-order valence-corrected chi connectivity index (χ4v) is 1.91. The molecule has 0 saturated carbocycles. The zero-order valence-electron chi connectivity index (χ0n) is 10.3. The molecule has 19 heavy (non-hydrogen) atoms. The van der Waals surface area contributed by atoms with Crippen LogP contribution in [0.15, 0.2) is 49.1 Å². The third-order valence-corrected chi connectivity index (χ3v) is 3.04. The van der Waals surface area contributed by atoms with E-state index in [1.165, 1.54) is 18.7 Å². The van der Waals surface area contributed by atoms with Crippen molar-refractivity contribution in [3.05, 3.63) is 60.2 Å². The lowest BCUT2D eigenvalue weighted by Gasteiger charge is -2.16. The fraction of sp³-hybridized carbons (Fsp3) is 0.214. The Labute approximate surface area is 116 Å². The van der Waals surface area contributed by atoms with Crippen LogP contribution in [0.5, 0.6) is 0 Å². The molecule has 4 nitrogen and oxygen atoms in total. The van der Waals surface area contributed by atoms with E-state index in [9.17, 15) is 4.79 Å². The van der Waals surface area contributed by atoms with Gasteiger partial charge in [-0.05, 0) is 12.0 Å². The maximum Gasteiger partial charge on any atom is 0.254 e. The van der Waals surface area contributed by atoms with Gasteiger partial charge in [0.05, 0.1) is 5.56 Å². The zero-order chi connectivity index (χ0) is 13.5. The summed E-state index contributed by atoms with van der Waals surface area (Å²) in [4.78, 5) is 19.6. The Hall–Kier alpha value is -1.94. The minimum absolute atomic E-state index is 0.114. The lowest BCUT2D eigenvalue weighted by Crippen LogP contribution is -2.37. The maximum absolute atomic E-state index is 12.0. The third-order valence-electron chi connectivity index (χ3n) is 2.67. The lowest BCUT2D eigenvalue weighted by molar-refractivity contribution is 0.0940. The number of nitrogens with zero attached hydrogens (tertiary/aromatic N) is 2. The van der Waals surface area contributed by atoms with Crippen molar-refractivity contribution in [1.82, 2.24) is 15.3 Å². The van der Waals surface area contributed by atoms with Gasteiger partial charge in [-0.25, -0.2) is 9.97 Å². The monoisotopic (exact) mass is 275 g/mol. The lowest BCUT2D eigenvalue weighted by atomic mass is 10.1. The molecular formula is C14H14ClN3O. The molecule has 5 heteroatoms. The van der Waals surface area contributed by atoms with Crippen molar-refractivity contribution in [3.8, 4) is 0 Å². The number of alkyl halides is 1. The standard InChI is InChI=1S/C14H14ClN3O/c15-7-13(6-11-4-2-1-3-5-11)18-14(19)12-8-16-10-17-9-12/h1-5,8-10,13H,6-7H2,(H,18,19). The maximum atomic E-state index is 12.0. The fourth-order valence-electron chi connectivity index (χ4n) is 1.73. The smallest absolute Gasteiger partial charge is 0.254 e. The Morgan fingerprint density at radius 1 is 1.21 bits per heavy atom. The van der Waals surface area contributed by atoms with Gasteiger partial charge in [-0.15, -0.1) is 11.6 Å². The summed E-state index contributed by atoms with van der Waals surface area (Å²) in [7, 11) is 0. The number of halogens is 1. The molecule has 1 unspecified atom stereocenters. The Kier molecular flexibility index (Phi) is 4.86. The average molecular weight is 276 g/mol. The highest BCUT2D eigenvalue weighted by Crippen LogP contribution is 2.05. The summed E-state index contributed by atoms with van der Waals surface area (Å²) in [5, 5.41) is 2.88. The number of hydrogen-bond acceptors (Lipinski definition) is 3. The SMILES string of the molecule is O=C(NC(CCl)Cc1ccccc1)c1cncnc1. The van der Waals surface area contributed by atoms with Crippen molar-refractivity contribution in [2.45, 2.75) is 12.5 Å². The number of hydrogen-bond donors (Lipinski definition) is 1. The van der Waals surface area contributed by atoms with Gasteiger partial charge in [0.1, 0.15) is 6.33 Å². The number of benzene rings is 1. The summed E-state index contributed by atoms with van der Waals surface area (Å²) in [6.07, 6.45) is 5.05. The van der Waals surface area contributed by atoms with Crippen molar-refractivity contribution in [2.24, 2.45) is 0 Å². The predicted molar refractivity (Wildman–Crippen MR) is 74.2 cm³/mol. The van der Waals surface area contributed by atoms with Crippen LogP contribution in [0.25, 0.3) is 0 Å². The topological polar surface area (TPSA) is 54.9 Å². The molecule has 1 atom stereocenters. The van der Waals surface area contributed by atoms with Gasteiger partial charge < -0.3 is 5.32 Å². The Morgan fingerprint density at radius 3 is 2.53 bits per heavy atom. The van der Waals surface area contributed by atoms with Crippen LogP contribution >= 0.6 is 11.6 Å². The minimum atomic E-state index is -0.206. The van der Waals surface area contributed by atoms with E-state index in [2.05, 4.69) is 15.3 Å². The van der Waals surface area contributed by atoms with Crippen LogP contribution in [0.3, 0.4) is 0 Å². The molecule has 0 saturated heterocycles. The number of nitrogens with one attached hydrogen (secondary N) is 1. The Bertz CT molecular complexity index is 519. The molecule has 1 heterocycles. The van der Waals surface area contributed by atoms with E-state index in [1.54, 1.807) is 0 Å². The molecule has 1 aromatic heterocycles. The van der Waals surface area contributed by atoms with Crippen molar-refractivity contribution in [3.63, 3.8) is 0 Å². The first-order valence-electron chi connectivity index (χ1n) is 5.95. The minimum Gasteiger partial charge on any atom is -0.348 e. The van der Waals surface area contributed by atoms with Crippen LogP contribution in [0.1, 0.15) is 15.9 Å². The molecule has 0 fully saturated rings. The molecule has 0 aliphatic heterocycles. The molecule has 2 rings (SSSR count). The average Bonchev–Trinajstić information content (AvgIpc) is 2.48. The molecule has 1 aromatic carbocycles. The highest BCUT2D eigenvalue weighted by Gasteiger charge is 2.13. The Balaban J connectivity index is 1.98. The highest BCUT2D eigenvalue weighted by molar-refractivity contribution is 6.18. The van der Waals surface area contributed by atoms with Gasteiger partial charge in [-0.3, -0.25) is 4.79 Å². The molecule has 1 N–H and O–H groups in total. The van der Waals surface area contributed by atoms with Gasteiger partial charge in [-0.2, -0.15) is 0 Å². The molecule has 0 aliphatic rings. The number of carbonyl (C=O) groups is 1. The number of rotatable bonds is 5. The molecule has 0 radical (unpaired) electrons. The molecule has 0 aliphatic carbocycles. The summed E-state index contributed by atoms with van der Waals surface area (Å²) in [5.41, 5.74) is 1.57. The van der Waals surface area contributed by atoms with E-state index in [0.29, 0.717) is 17.9 Å². The summed E-state index contributed by atoms with van der Waals surface area (Å²) in [6.45, 7) is 0. The van der Waals surface area contributed by atoms with Gasteiger partial charge in [-0.1, -0.05) is 30.3 Å². The van der Waals surface area contributed by atoms with Gasteiger partial charge in [0, 0.05) is 24.3 Å². The normalized spacial score (nSPS) is 11.8. The molecule has 1 amide bonds. The second-order valence-corrected chi connectivity index (χ2v) is 4.45. The van der Waals surface area contributed by atoms with Crippen molar-refractivity contribution in [1.29, 1.82) is 0 Å². The first-order chi connectivity index (χ1) is 9.29. The second-order valence-electron chi connectivity index (χ2n) is 4.14. The van der Waals surface area contributed by atoms with E-state index in [-0.39, 0.29) is 11.9 Å². The van der Waals surface area contributed by atoms with Gasteiger partial charge in [0.15, 0.2) is 0 Å². The summed E-state index contributed by atoms with van der Waals surface area (Å²) >= 11 is 5.90. The summed E-state index contributed by atoms with van der Waals surface area (Å²) in [6, 6.07) is 9.80. The third kappa shape index (κ3) is 4.03.